The van der Waals surface area contributed by atoms with E-state index in [0.29, 0.717) is 13.0 Å². The van der Waals surface area contributed by atoms with E-state index in [9.17, 15) is 19.0 Å². The zero-order chi connectivity index (χ0) is 20.6. The Morgan fingerprint density at radius 1 is 0.966 bits per heavy atom. The summed E-state index contributed by atoms with van der Waals surface area (Å²) in [5, 5.41) is 19.8. The SMILES string of the molecule is OCCC1CCCCN1CC(O)COC(c1ccc(F)cc1)c1ccc(F)cc1. The molecular formula is C23H29F2NO3. The molecule has 0 aromatic heterocycles. The van der Waals surface area contributed by atoms with Crippen molar-refractivity contribution in [2.45, 2.75) is 43.9 Å². The third-order valence-electron chi connectivity index (χ3n) is 5.46. The Morgan fingerprint density at radius 2 is 1.55 bits per heavy atom. The van der Waals surface area contributed by atoms with Crippen molar-refractivity contribution in [1.29, 1.82) is 0 Å². The fourth-order valence-electron chi connectivity index (χ4n) is 3.97. The van der Waals surface area contributed by atoms with E-state index in [1.54, 1.807) is 24.3 Å². The Morgan fingerprint density at radius 3 is 2.10 bits per heavy atom. The van der Waals surface area contributed by atoms with Crippen LogP contribution in [0.1, 0.15) is 42.9 Å². The van der Waals surface area contributed by atoms with Gasteiger partial charge in [-0.1, -0.05) is 30.7 Å². The molecule has 3 rings (SSSR count). The van der Waals surface area contributed by atoms with Gasteiger partial charge in [0.2, 0.25) is 0 Å². The molecule has 158 valence electrons. The standard InChI is InChI=1S/C23H29F2NO3/c24-19-8-4-17(5-9-19)23(18-6-10-20(25)11-7-18)29-16-22(28)15-26-13-2-1-3-21(26)12-14-27/h4-11,21-23,27-28H,1-3,12-16H2. The second-order valence-electron chi connectivity index (χ2n) is 7.63. The normalized spacial score (nSPS) is 18.9. The van der Waals surface area contributed by atoms with Gasteiger partial charge in [0, 0.05) is 19.2 Å². The number of aliphatic hydroxyl groups is 2. The van der Waals surface area contributed by atoms with Crippen LogP contribution in [-0.4, -0.2) is 53.6 Å². The highest BCUT2D eigenvalue weighted by atomic mass is 19.1. The van der Waals surface area contributed by atoms with Crippen molar-refractivity contribution in [3.63, 3.8) is 0 Å². The molecule has 0 spiro atoms. The summed E-state index contributed by atoms with van der Waals surface area (Å²) >= 11 is 0. The number of piperidine rings is 1. The molecule has 29 heavy (non-hydrogen) atoms. The molecule has 1 heterocycles. The third-order valence-corrected chi connectivity index (χ3v) is 5.46. The number of hydrogen-bond donors (Lipinski definition) is 2. The van der Waals surface area contributed by atoms with Crippen molar-refractivity contribution in [3.05, 3.63) is 71.3 Å². The van der Waals surface area contributed by atoms with Gasteiger partial charge in [-0.15, -0.1) is 0 Å². The summed E-state index contributed by atoms with van der Waals surface area (Å²) in [5.41, 5.74) is 1.47. The maximum Gasteiger partial charge on any atom is 0.123 e. The lowest BCUT2D eigenvalue weighted by molar-refractivity contribution is -0.0203. The smallest absolute Gasteiger partial charge is 0.123 e. The summed E-state index contributed by atoms with van der Waals surface area (Å²) in [6.45, 7) is 1.62. The first-order valence-corrected chi connectivity index (χ1v) is 10.2. The first-order chi connectivity index (χ1) is 14.1. The van der Waals surface area contributed by atoms with Crippen molar-refractivity contribution < 1.29 is 23.7 Å². The zero-order valence-corrected chi connectivity index (χ0v) is 16.5. The summed E-state index contributed by atoms with van der Waals surface area (Å²) in [6, 6.07) is 12.3. The molecule has 4 nitrogen and oxygen atoms in total. The van der Waals surface area contributed by atoms with Gasteiger partial charge in [0.05, 0.1) is 12.7 Å². The van der Waals surface area contributed by atoms with Gasteiger partial charge in [-0.3, -0.25) is 4.90 Å². The molecule has 1 aliphatic heterocycles. The van der Waals surface area contributed by atoms with Gasteiger partial charge >= 0.3 is 0 Å². The van der Waals surface area contributed by atoms with Crippen molar-refractivity contribution in [2.75, 3.05) is 26.3 Å². The van der Waals surface area contributed by atoms with E-state index < -0.39 is 12.2 Å². The Bertz CT molecular complexity index is 691. The lowest BCUT2D eigenvalue weighted by Crippen LogP contribution is -2.45. The quantitative estimate of drug-likeness (QED) is 0.669. The lowest BCUT2D eigenvalue weighted by atomic mass is 9.99. The number of benzene rings is 2. The Kier molecular flexibility index (Phi) is 8.12. The molecule has 1 saturated heterocycles. The number of ether oxygens (including phenoxy) is 1. The number of β-amino-alcohol motifs (C(OH)–C–C–N with tert-alkyl or cyclic N) is 1. The van der Waals surface area contributed by atoms with Crippen LogP contribution in [0.3, 0.4) is 0 Å². The average molecular weight is 405 g/mol. The van der Waals surface area contributed by atoms with Gasteiger partial charge in [0.25, 0.3) is 0 Å². The molecule has 2 atom stereocenters. The van der Waals surface area contributed by atoms with Crippen molar-refractivity contribution >= 4 is 0 Å². The van der Waals surface area contributed by atoms with Gasteiger partial charge in [0.1, 0.15) is 17.7 Å². The van der Waals surface area contributed by atoms with Gasteiger partial charge < -0.3 is 14.9 Å². The van der Waals surface area contributed by atoms with E-state index in [2.05, 4.69) is 4.90 Å². The summed E-state index contributed by atoms with van der Waals surface area (Å²) in [6.07, 6.45) is 2.75. The largest absolute Gasteiger partial charge is 0.396 e. The molecule has 0 aliphatic carbocycles. The van der Waals surface area contributed by atoms with Crippen LogP contribution in [-0.2, 0) is 4.74 Å². The zero-order valence-electron chi connectivity index (χ0n) is 16.5. The van der Waals surface area contributed by atoms with Crippen LogP contribution < -0.4 is 0 Å². The van der Waals surface area contributed by atoms with Gasteiger partial charge in [-0.2, -0.15) is 0 Å². The molecule has 2 unspecified atom stereocenters. The number of likely N-dealkylation sites (tertiary alicyclic amines) is 1. The van der Waals surface area contributed by atoms with E-state index in [4.69, 9.17) is 4.74 Å². The monoisotopic (exact) mass is 405 g/mol. The number of hydrogen-bond acceptors (Lipinski definition) is 4. The van der Waals surface area contributed by atoms with E-state index >= 15 is 0 Å². The second kappa shape index (κ2) is 10.8. The molecule has 1 aliphatic rings. The van der Waals surface area contributed by atoms with Crippen molar-refractivity contribution in [2.24, 2.45) is 0 Å². The minimum atomic E-state index is -0.697. The highest BCUT2D eigenvalue weighted by molar-refractivity contribution is 5.30. The molecule has 0 radical (unpaired) electrons. The third kappa shape index (κ3) is 6.31. The fraction of sp³-hybridized carbons (Fsp3) is 0.478. The van der Waals surface area contributed by atoms with Crippen LogP contribution in [0, 0.1) is 11.6 Å². The highest BCUT2D eigenvalue weighted by Gasteiger charge is 2.25. The van der Waals surface area contributed by atoms with Crippen molar-refractivity contribution in [3.8, 4) is 0 Å². The molecule has 1 fully saturated rings. The molecule has 0 bridgehead atoms. The van der Waals surface area contributed by atoms with Crippen molar-refractivity contribution in [1.82, 2.24) is 4.90 Å². The highest BCUT2D eigenvalue weighted by Crippen LogP contribution is 2.27. The lowest BCUT2D eigenvalue weighted by Gasteiger charge is -2.36. The fourth-order valence-corrected chi connectivity index (χ4v) is 3.97. The Balaban J connectivity index is 1.66. The predicted octanol–water partition coefficient (Wildman–Crippen LogP) is 3.67. The first kappa shape index (κ1) is 21.8. The molecule has 6 heteroatoms. The van der Waals surface area contributed by atoms with E-state index in [1.807, 2.05) is 0 Å². The topological polar surface area (TPSA) is 52.9 Å². The van der Waals surface area contributed by atoms with Crippen LogP contribution in [0.5, 0.6) is 0 Å². The Labute approximate surface area is 170 Å². The van der Waals surface area contributed by atoms with Crippen LogP contribution >= 0.6 is 0 Å². The minimum absolute atomic E-state index is 0.0990. The predicted molar refractivity (Wildman–Crippen MR) is 108 cm³/mol. The number of rotatable bonds is 9. The van der Waals surface area contributed by atoms with Crippen LogP contribution in [0.15, 0.2) is 48.5 Å². The summed E-state index contributed by atoms with van der Waals surface area (Å²) in [7, 11) is 0. The average Bonchev–Trinajstić information content (AvgIpc) is 2.72. The van der Waals surface area contributed by atoms with Crippen LogP contribution in [0.4, 0.5) is 8.78 Å². The van der Waals surface area contributed by atoms with Gasteiger partial charge in [0.15, 0.2) is 0 Å². The van der Waals surface area contributed by atoms with Gasteiger partial charge in [-0.05, 0) is 61.2 Å². The van der Waals surface area contributed by atoms with E-state index in [0.717, 1.165) is 36.9 Å². The summed E-state index contributed by atoms with van der Waals surface area (Å²) in [4.78, 5) is 2.22. The number of nitrogens with zero attached hydrogens (tertiary/aromatic N) is 1. The molecular weight excluding hydrogens is 376 g/mol. The maximum atomic E-state index is 13.3. The molecule has 2 N–H and O–H groups in total. The number of halogens is 2. The Hall–Kier alpha value is -1.86. The summed E-state index contributed by atoms with van der Waals surface area (Å²) < 4.78 is 32.7. The maximum absolute atomic E-state index is 13.3. The van der Waals surface area contributed by atoms with Gasteiger partial charge in [-0.25, -0.2) is 8.78 Å². The van der Waals surface area contributed by atoms with Crippen LogP contribution in [0.25, 0.3) is 0 Å². The molecule has 2 aromatic carbocycles. The first-order valence-electron chi connectivity index (χ1n) is 10.2. The molecule has 0 saturated carbocycles. The molecule has 0 amide bonds. The summed E-state index contributed by atoms with van der Waals surface area (Å²) in [5.74, 6) is -0.682. The van der Waals surface area contributed by atoms with E-state index in [1.165, 1.54) is 24.3 Å². The number of aliphatic hydroxyl groups excluding tert-OH is 2. The molecule has 2 aromatic rings. The second-order valence-corrected chi connectivity index (χ2v) is 7.63. The van der Waals surface area contributed by atoms with Crippen LogP contribution in [0.2, 0.25) is 0 Å². The van der Waals surface area contributed by atoms with E-state index in [-0.39, 0.29) is 30.9 Å². The minimum Gasteiger partial charge on any atom is -0.396 e.